The van der Waals surface area contributed by atoms with Crippen LogP contribution in [0, 0.1) is 0 Å². The Balaban J connectivity index is 2.30. The molecule has 8 heteroatoms. The molecule has 0 aliphatic heterocycles. The summed E-state index contributed by atoms with van der Waals surface area (Å²) in [6.07, 6.45) is -4.27. The molecule has 1 aromatic carbocycles. The molecule has 1 aromatic heterocycles. The minimum atomic E-state index is -4.40. The number of carbonyl (C=O) groups is 1. The van der Waals surface area contributed by atoms with Crippen molar-refractivity contribution in [1.82, 2.24) is 4.98 Å². The molecule has 0 amide bonds. The Labute approximate surface area is 137 Å². The molecule has 1 heterocycles. The van der Waals surface area contributed by atoms with E-state index < -0.39 is 17.7 Å². The minimum absolute atomic E-state index is 0.125. The monoisotopic (exact) mass is 393 g/mol. The summed E-state index contributed by atoms with van der Waals surface area (Å²) in [4.78, 5) is 16.3. The van der Waals surface area contributed by atoms with Crippen LogP contribution in [0.1, 0.15) is 33.4 Å². The van der Waals surface area contributed by atoms with Crippen LogP contribution in [0.2, 0.25) is 0 Å². The zero-order chi connectivity index (χ0) is 16.3. The third kappa shape index (κ3) is 4.07. The van der Waals surface area contributed by atoms with Gasteiger partial charge in [-0.05, 0) is 34.5 Å². The van der Waals surface area contributed by atoms with Gasteiger partial charge in [-0.15, -0.1) is 0 Å². The lowest BCUT2D eigenvalue weighted by Crippen LogP contribution is -2.07. The molecule has 0 N–H and O–H groups in total. The number of benzene rings is 1. The first kappa shape index (κ1) is 17.0. The Morgan fingerprint density at radius 2 is 2.14 bits per heavy atom. The van der Waals surface area contributed by atoms with Gasteiger partial charge < -0.3 is 4.74 Å². The number of esters is 1. The fourth-order valence-electron chi connectivity index (χ4n) is 1.85. The van der Waals surface area contributed by atoms with Crippen LogP contribution in [0.4, 0.5) is 13.2 Å². The van der Waals surface area contributed by atoms with Crippen molar-refractivity contribution < 1.29 is 22.7 Å². The number of ether oxygens (including phenoxy) is 1. The van der Waals surface area contributed by atoms with E-state index in [1.165, 1.54) is 6.07 Å². The van der Waals surface area contributed by atoms with Crippen molar-refractivity contribution in [2.45, 2.75) is 19.5 Å². The van der Waals surface area contributed by atoms with E-state index in [0.717, 1.165) is 23.5 Å². The molecule has 0 saturated heterocycles. The Morgan fingerprint density at radius 1 is 1.41 bits per heavy atom. The van der Waals surface area contributed by atoms with Crippen LogP contribution in [0.5, 0.6) is 0 Å². The van der Waals surface area contributed by atoms with E-state index in [1.54, 1.807) is 13.0 Å². The number of aromatic nitrogens is 1. The van der Waals surface area contributed by atoms with Gasteiger partial charge in [0.1, 0.15) is 4.88 Å². The Hall–Kier alpha value is -1.41. The Kier molecular flexibility index (Phi) is 5.23. The SMILES string of the molecule is CCOC(=O)c1sc(Br)nc1Cc1cccc(C(F)(F)F)c1. The van der Waals surface area contributed by atoms with Crippen molar-refractivity contribution in [3.05, 3.63) is 49.9 Å². The summed E-state index contributed by atoms with van der Waals surface area (Å²) in [6.45, 7) is 1.90. The summed E-state index contributed by atoms with van der Waals surface area (Å²) in [6, 6.07) is 4.97. The lowest BCUT2D eigenvalue weighted by Gasteiger charge is -2.08. The summed E-state index contributed by atoms with van der Waals surface area (Å²) < 4.78 is 43.6. The molecule has 0 aliphatic carbocycles. The third-order valence-corrected chi connectivity index (χ3v) is 4.29. The fourth-order valence-corrected chi connectivity index (χ4v) is 3.25. The van der Waals surface area contributed by atoms with E-state index in [9.17, 15) is 18.0 Å². The molecule has 2 aromatic rings. The van der Waals surface area contributed by atoms with Gasteiger partial charge in [0.25, 0.3) is 0 Å². The molecule has 0 fully saturated rings. The number of rotatable bonds is 4. The van der Waals surface area contributed by atoms with Gasteiger partial charge in [-0.2, -0.15) is 13.2 Å². The Morgan fingerprint density at radius 3 is 2.77 bits per heavy atom. The summed E-state index contributed by atoms with van der Waals surface area (Å²) in [7, 11) is 0. The standard InChI is InChI=1S/C14H11BrF3NO2S/c1-2-21-12(20)11-10(19-13(15)22-11)7-8-4-3-5-9(6-8)14(16,17)18/h3-6H,2,7H2,1H3. The number of hydrogen-bond donors (Lipinski definition) is 0. The maximum Gasteiger partial charge on any atom is 0.416 e. The van der Waals surface area contributed by atoms with Crippen molar-refractivity contribution in [3.63, 3.8) is 0 Å². The van der Waals surface area contributed by atoms with Gasteiger partial charge in [-0.3, -0.25) is 0 Å². The number of carbonyl (C=O) groups excluding carboxylic acids is 1. The minimum Gasteiger partial charge on any atom is -0.462 e. The number of thiazole rings is 1. The van der Waals surface area contributed by atoms with Gasteiger partial charge in [0.05, 0.1) is 17.9 Å². The molecular weight excluding hydrogens is 383 g/mol. The Bertz CT molecular complexity index is 685. The van der Waals surface area contributed by atoms with E-state index >= 15 is 0 Å². The van der Waals surface area contributed by atoms with Gasteiger partial charge >= 0.3 is 12.1 Å². The van der Waals surface area contributed by atoms with Crippen LogP contribution in [0.15, 0.2) is 28.2 Å². The second kappa shape index (κ2) is 6.78. The lowest BCUT2D eigenvalue weighted by atomic mass is 10.1. The van der Waals surface area contributed by atoms with Crippen molar-refractivity contribution in [1.29, 1.82) is 0 Å². The number of alkyl halides is 3. The second-order valence-electron chi connectivity index (χ2n) is 4.34. The average Bonchev–Trinajstić information content (AvgIpc) is 2.79. The van der Waals surface area contributed by atoms with E-state index in [-0.39, 0.29) is 13.0 Å². The van der Waals surface area contributed by atoms with Crippen LogP contribution < -0.4 is 0 Å². The van der Waals surface area contributed by atoms with Gasteiger partial charge in [0, 0.05) is 6.42 Å². The molecule has 0 saturated carbocycles. The zero-order valence-electron chi connectivity index (χ0n) is 11.4. The highest BCUT2D eigenvalue weighted by molar-refractivity contribution is 9.11. The van der Waals surface area contributed by atoms with Crippen molar-refractivity contribution in [2.24, 2.45) is 0 Å². The van der Waals surface area contributed by atoms with Gasteiger partial charge in [0.2, 0.25) is 0 Å². The fraction of sp³-hybridized carbons (Fsp3) is 0.286. The molecule has 118 valence electrons. The average molecular weight is 394 g/mol. The van der Waals surface area contributed by atoms with Crippen molar-refractivity contribution >= 4 is 33.2 Å². The first-order chi connectivity index (χ1) is 10.3. The van der Waals surface area contributed by atoms with E-state index in [1.807, 2.05) is 0 Å². The maximum atomic E-state index is 12.7. The molecule has 22 heavy (non-hydrogen) atoms. The van der Waals surface area contributed by atoms with Crippen LogP contribution in [-0.4, -0.2) is 17.6 Å². The molecule has 0 atom stereocenters. The van der Waals surface area contributed by atoms with E-state index in [4.69, 9.17) is 4.74 Å². The summed E-state index contributed by atoms with van der Waals surface area (Å²) in [5, 5.41) is 0. The highest BCUT2D eigenvalue weighted by Crippen LogP contribution is 2.31. The van der Waals surface area contributed by atoms with Gasteiger partial charge in [0.15, 0.2) is 3.92 Å². The van der Waals surface area contributed by atoms with Crippen molar-refractivity contribution in [2.75, 3.05) is 6.61 Å². The second-order valence-corrected chi connectivity index (χ2v) is 6.61. The van der Waals surface area contributed by atoms with Gasteiger partial charge in [-0.1, -0.05) is 29.5 Å². The first-order valence-electron chi connectivity index (χ1n) is 6.29. The van der Waals surface area contributed by atoms with Crippen LogP contribution >= 0.6 is 27.3 Å². The largest absolute Gasteiger partial charge is 0.462 e. The molecule has 0 radical (unpaired) electrons. The smallest absolute Gasteiger partial charge is 0.416 e. The number of nitrogens with zero attached hydrogens (tertiary/aromatic N) is 1. The molecule has 2 rings (SSSR count). The molecule has 0 spiro atoms. The summed E-state index contributed by atoms with van der Waals surface area (Å²) in [5.41, 5.74) is 0.102. The highest BCUT2D eigenvalue weighted by Gasteiger charge is 2.30. The maximum absolute atomic E-state index is 12.7. The lowest BCUT2D eigenvalue weighted by molar-refractivity contribution is -0.137. The summed E-state index contributed by atoms with van der Waals surface area (Å²) in [5.74, 6) is -0.521. The number of halogens is 4. The highest BCUT2D eigenvalue weighted by atomic mass is 79.9. The quantitative estimate of drug-likeness (QED) is 0.707. The topological polar surface area (TPSA) is 39.2 Å². The van der Waals surface area contributed by atoms with Crippen LogP contribution in [0.3, 0.4) is 0 Å². The number of hydrogen-bond acceptors (Lipinski definition) is 4. The summed E-state index contributed by atoms with van der Waals surface area (Å²) >= 11 is 4.28. The first-order valence-corrected chi connectivity index (χ1v) is 7.90. The zero-order valence-corrected chi connectivity index (χ0v) is 13.8. The van der Waals surface area contributed by atoms with Crippen molar-refractivity contribution in [3.8, 4) is 0 Å². The predicted octanol–water partition coefficient (Wildman–Crippen LogP) is 4.69. The molecule has 3 nitrogen and oxygen atoms in total. The molecule has 0 unspecified atom stereocenters. The van der Waals surface area contributed by atoms with E-state index in [2.05, 4.69) is 20.9 Å². The normalized spacial score (nSPS) is 11.5. The molecule has 0 aliphatic rings. The third-order valence-electron chi connectivity index (χ3n) is 2.76. The predicted molar refractivity (Wildman–Crippen MR) is 80.0 cm³/mol. The molecule has 0 bridgehead atoms. The van der Waals surface area contributed by atoms with Crippen LogP contribution in [0.25, 0.3) is 0 Å². The van der Waals surface area contributed by atoms with E-state index in [0.29, 0.717) is 20.1 Å². The van der Waals surface area contributed by atoms with Crippen LogP contribution in [-0.2, 0) is 17.3 Å². The molecular formula is C14H11BrF3NO2S. The van der Waals surface area contributed by atoms with Gasteiger partial charge in [-0.25, -0.2) is 9.78 Å².